The monoisotopic (exact) mass is 357 g/mol. The first-order chi connectivity index (χ1) is 12.6. The van der Waals surface area contributed by atoms with Gasteiger partial charge in [-0.15, -0.1) is 0 Å². The number of benzene rings is 2. The lowest BCUT2D eigenvalue weighted by atomic mass is 10.1. The van der Waals surface area contributed by atoms with Crippen molar-refractivity contribution < 1.29 is 18.3 Å². The fourth-order valence-corrected chi connectivity index (χ4v) is 2.52. The average molecular weight is 357 g/mol. The van der Waals surface area contributed by atoms with Crippen molar-refractivity contribution in [3.05, 3.63) is 83.7 Å². The highest BCUT2D eigenvalue weighted by atomic mass is 19.3. The van der Waals surface area contributed by atoms with Crippen LogP contribution in [-0.4, -0.2) is 22.3 Å². The van der Waals surface area contributed by atoms with Crippen LogP contribution >= 0.6 is 0 Å². The number of carbonyl (C=O) groups excluding carboxylic acids is 1. The SMILES string of the molecule is O=C(NCc1ccccc1Cn1cccn1)c1ccc(OC(F)F)cc1. The number of alkyl halides is 2. The first kappa shape index (κ1) is 17.6. The predicted octanol–water partition coefficient (Wildman–Crippen LogP) is 3.46. The summed E-state index contributed by atoms with van der Waals surface area (Å²) in [6, 6.07) is 15.2. The third-order valence-corrected chi connectivity index (χ3v) is 3.79. The summed E-state index contributed by atoms with van der Waals surface area (Å²) < 4.78 is 30.4. The molecule has 1 aromatic heterocycles. The fraction of sp³-hybridized carbons (Fsp3) is 0.158. The van der Waals surface area contributed by atoms with Gasteiger partial charge < -0.3 is 10.1 Å². The Balaban J connectivity index is 1.62. The van der Waals surface area contributed by atoms with Crippen LogP contribution in [0, 0.1) is 0 Å². The van der Waals surface area contributed by atoms with Crippen LogP contribution in [0.25, 0.3) is 0 Å². The smallest absolute Gasteiger partial charge is 0.387 e. The van der Waals surface area contributed by atoms with E-state index in [1.54, 1.807) is 6.20 Å². The molecular formula is C19H17F2N3O2. The number of nitrogens with zero attached hydrogens (tertiary/aromatic N) is 2. The minimum Gasteiger partial charge on any atom is -0.435 e. The maximum absolute atomic E-state index is 12.3. The van der Waals surface area contributed by atoms with E-state index in [0.717, 1.165) is 11.1 Å². The lowest BCUT2D eigenvalue weighted by molar-refractivity contribution is -0.0498. The Morgan fingerprint density at radius 2 is 1.81 bits per heavy atom. The quantitative estimate of drug-likeness (QED) is 0.705. The Kier molecular flexibility index (Phi) is 5.58. The van der Waals surface area contributed by atoms with Crippen LogP contribution in [-0.2, 0) is 13.1 Å². The molecule has 3 aromatic rings. The second-order valence-corrected chi connectivity index (χ2v) is 5.56. The molecule has 0 radical (unpaired) electrons. The first-order valence-corrected chi connectivity index (χ1v) is 7.99. The van der Waals surface area contributed by atoms with Gasteiger partial charge in [-0.1, -0.05) is 24.3 Å². The summed E-state index contributed by atoms with van der Waals surface area (Å²) >= 11 is 0. The molecule has 7 heteroatoms. The van der Waals surface area contributed by atoms with Crippen LogP contribution in [0.4, 0.5) is 8.78 Å². The summed E-state index contributed by atoms with van der Waals surface area (Å²) in [7, 11) is 0. The van der Waals surface area contributed by atoms with E-state index in [2.05, 4.69) is 15.2 Å². The van der Waals surface area contributed by atoms with Crippen LogP contribution in [0.2, 0.25) is 0 Å². The van der Waals surface area contributed by atoms with Gasteiger partial charge in [-0.05, 0) is 41.5 Å². The molecule has 134 valence electrons. The van der Waals surface area contributed by atoms with Crippen molar-refractivity contribution in [2.24, 2.45) is 0 Å². The van der Waals surface area contributed by atoms with Crippen molar-refractivity contribution in [2.75, 3.05) is 0 Å². The fourth-order valence-electron chi connectivity index (χ4n) is 2.52. The van der Waals surface area contributed by atoms with Crippen LogP contribution in [0.3, 0.4) is 0 Å². The molecule has 0 fully saturated rings. The van der Waals surface area contributed by atoms with E-state index < -0.39 is 6.61 Å². The number of rotatable bonds is 7. The molecule has 1 N–H and O–H groups in total. The van der Waals surface area contributed by atoms with Crippen LogP contribution in [0.5, 0.6) is 5.75 Å². The van der Waals surface area contributed by atoms with Crippen LogP contribution in [0.1, 0.15) is 21.5 Å². The van der Waals surface area contributed by atoms with Gasteiger partial charge in [0.25, 0.3) is 5.91 Å². The van der Waals surface area contributed by atoms with Crippen molar-refractivity contribution in [2.45, 2.75) is 19.7 Å². The summed E-state index contributed by atoms with van der Waals surface area (Å²) in [4.78, 5) is 12.3. The molecule has 0 saturated carbocycles. The molecule has 0 aliphatic heterocycles. The second-order valence-electron chi connectivity index (χ2n) is 5.56. The molecule has 3 rings (SSSR count). The van der Waals surface area contributed by atoms with E-state index in [9.17, 15) is 13.6 Å². The van der Waals surface area contributed by atoms with E-state index in [0.29, 0.717) is 18.7 Å². The number of halogens is 2. The average Bonchev–Trinajstić information content (AvgIpc) is 3.14. The van der Waals surface area contributed by atoms with Crippen molar-refractivity contribution in [1.82, 2.24) is 15.1 Å². The minimum atomic E-state index is -2.89. The molecular weight excluding hydrogens is 340 g/mol. The molecule has 0 spiro atoms. The Labute approximate surface area is 149 Å². The summed E-state index contributed by atoms with van der Waals surface area (Å²) in [5.74, 6) is -0.274. The number of hydrogen-bond acceptors (Lipinski definition) is 3. The van der Waals surface area contributed by atoms with E-state index in [1.165, 1.54) is 24.3 Å². The molecule has 5 nitrogen and oxygen atoms in total. The standard InChI is InChI=1S/C19H17F2N3O2/c20-19(21)26-17-8-6-14(7-9-17)18(25)22-12-15-4-1-2-5-16(15)13-24-11-3-10-23-24/h1-11,19H,12-13H2,(H,22,25). The number of amides is 1. The van der Waals surface area contributed by atoms with E-state index in [-0.39, 0.29) is 11.7 Å². The number of aromatic nitrogens is 2. The van der Waals surface area contributed by atoms with Crippen molar-refractivity contribution in [1.29, 1.82) is 0 Å². The van der Waals surface area contributed by atoms with Crippen molar-refractivity contribution in [3.63, 3.8) is 0 Å². The number of nitrogens with one attached hydrogen (secondary N) is 1. The van der Waals surface area contributed by atoms with Crippen LogP contribution < -0.4 is 10.1 Å². The molecule has 2 aromatic carbocycles. The molecule has 0 bridgehead atoms. The molecule has 0 aliphatic carbocycles. The van der Waals surface area contributed by atoms with Gasteiger partial charge in [0.1, 0.15) is 5.75 Å². The normalized spacial score (nSPS) is 10.7. The summed E-state index contributed by atoms with van der Waals surface area (Å²) in [5, 5.41) is 7.03. The summed E-state index contributed by atoms with van der Waals surface area (Å²) in [6.45, 7) is -1.93. The lowest BCUT2D eigenvalue weighted by Crippen LogP contribution is -2.23. The van der Waals surface area contributed by atoms with Crippen LogP contribution in [0.15, 0.2) is 67.0 Å². The van der Waals surface area contributed by atoms with Gasteiger partial charge in [0.05, 0.1) is 6.54 Å². The van der Waals surface area contributed by atoms with Crippen molar-refractivity contribution in [3.8, 4) is 5.75 Å². The Hall–Kier alpha value is -3.22. The molecule has 0 atom stereocenters. The molecule has 26 heavy (non-hydrogen) atoms. The largest absolute Gasteiger partial charge is 0.435 e. The van der Waals surface area contributed by atoms with Gasteiger partial charge in [-0.2, -0.15) is 13.9 Å². The highest BCUT2D eigenvalue weighted by molar-refractivity contribution is 5.94. The Morgan fingerprint density at radius 3 is 2.46 bits per heavy atom. The van der Waals surface area contributed by atoms with E-state index in [4.69, 9.17) is 0 Å². The van der Waals surface area contributed by atoms with Gasteiger partial charge in [-0.3, -0.25) is 9.48 Å². The molecule has 0 unspecified atom stereocenters. The maximum atomic E-state index is 12.3. The second kappa shape index (κ2) is 8.24. The van der Waals surface area contributed by atoms with Gasteiger partial charge in [0.2, 0.25) is 0 Å². The molecule has 1 amide bonds. The van der Waals surface area contributed by atoms with Gasteiger partial charge >= 0.3 is 6.61 Å². The third kappa shape index (κ3) is 4.66. The lowest BCUT2D eigenvalue weighted by Gasteiger charge is -2.11. The number of hydrogen-bond donors (Lipinski definition) is 1. The van der Waals surface area contributed by atoms with E-state index >= 15 is 0 Å². The topological polar surface area (TPSA) is 56.2 Å². The van der Waals surface area contributed by atoms with Gasteiger partial charge in [0.15, 0.2) is 0 Å². The maximum Gasteiger partial charge on any atom is 0.387 e. The molecule has 1 heterocycles. The zero-order valence-electron chi connectivity index (χ0n) is 13.8. The highest BCUT2D eigenvalue weighted by Gasteiger charge is 2.09. The summed E-state index contributed by atoms with van der Waals surface area (Å²) in [6.07, 6.45) is 3.59. The number of carbonyl (C=O) groups is 1. The van der Waals surface area contributed by atoms with Gasteiger partial charge in [0, 0.05) is 24.5 Å². The number of ether oxygens (including phenoxy) is 1. The third-order valence-electron chi connectivity index (χ3n) is 3.79. The first-order valence-electron chi connectivity index (χ1n) is 7.99. The summed E-state index contributed by atoms with van der Waals surface area (Å²) in [5.41, 5.74) is 2.40. The Bertz CT molecular complexity index is 849. The highest BCUT2D eigenvalue weighted by Crippen LogP contribution is 2.15. The van der Waals surface area contributed by atoms with E-state index in [1.807, 2.05) is 41.2 Å². The van der Waals surface area contributed by atoms with Gasteiger partial charge in [-0.25, -0.2) is 0 Å². The van der Waals surface area contributed by atoms with Crippen molar-refractivity contribution >= 4 is 5.91 Å². The zero-order chi connectivity index (χ0) is 18.4. The molecule has 0 saturated heterocycles. The predicted molar refractivity (Wildman–Crippen MR) is 92.0 cm³/mol. The Morgan fingerprint density at radius 1 is 1.08 bits per heavy atom. The zero-order valence-corrected chi connectivity index (χ0v) is 13.8. The molecule has 0 aliphatic rings. The minimum absolute atomic E-state index is 0.0149.